The number of carbonyl (C=O) groups excluding carboxylic acids is 1. The number of hydrogen-bond donors (Lipinski definition) is 1. The SMILES string of the molecule is O=C(Nc1ccc(F)cc1OC(F)F)c1nn(C23CC4CC(CC(C4)C2)C3)cc1[N+](=O)[O-]. The van der Waals surface area contributed by atoms with Crippen molar-refractivity contribution in [3.05, 3.63) is 46.0 Å². The molecule has 4 bridgehead atoms. The zero-order valence-corrected chi connectivity index (χ0v) is 17.0. The molecule has 1 amide bonds. The molecule has 0 saturated heterocycles. The highest BCUT2D eigenvalue weighted by Crippen LogP contribution is 2.58. The molecule has 32 heavy (non-hydrogen) atoms. The second-order valence-electron chi connectivity index (χ2n) is 9.18. The van der Waals surface area contributed by atoms with Gasteiger partial charge in [0.1, 0.15) is 12.0 Å². The molecule has 170 valence electrons. The largest absolute Gasteiger partial charge is 0.432 e. The molecule has 0 unspecified atom stereocenters. The van der Waals surface area contributed by atoms with Gasteiger partial charge in [0.05, 0.1) is 16.1 Å². The lowest BCUT2D eigenvalue weighted by molar-refractivity contribution is -0.385. The third-order valence-electron chi connectivity index (χ3n) is 7.01. The first kappa shape index (κ1) is 20.8. The highest BCUT2D eigenvalue weighted by Gasteiger charge is 2.53. The van der Waals surface area contributed by atoms with Crippen LogP contribution in [-0.4, -0.2) is 27.2 Å². The minimum Gasteiger partial charge on any atom is -0.432 e. The molecule has 0 aliphatic heterocycles. The van der Waals surface area contributed by atoms with Gasteiger partial charge in [-0.15, -0.1) is 0 Å². The molecule has 0 atom stereocenters. The van der Waals surface area contributed by atoms with Crippen molar-refractivity contribution in [3.8, 4) is 5.75 Å². The quantitative estimate of drug-likeness (QED) is 0.508. The number of anilines is 1. The summed E-state index contributed by atoms with van der Waals surface area (Å²) in [6, 6.07) is 2.70. The molecule has 6 rings (SSSR count). The molecule has 2 aromatic rings. The van der Waals surface area contributed by atoms with E-state index >= 15 is 0 Å². The van der Waals surface area contributed by atoms with Crippen molar-refractivity contribution in [2.45, 2.75) is 50.7 Å². The van der Waals surface area contributed by atoms with Gasteiger partial charge in [0.15, 0.2) is 5.75 Å². The number of nitro groups is 1. The summed E-state index contributed by atoms with van der Waals surface area (Å²) < 4.78 is 44.6. The first-order valence-corrected chi connectivity index (χ1v) is 10.5. The summed E-state index contributed by atoms with van der Waals surface area (Å²) in [5.74, 6) is -0.682. The monoisotopic (exact) mass is 450 g/mol. The Labute approximate surface area is 180 Å². The van der Waals surface area contributed by atoms with Crippen molar-refractivity contribution in [1.29, 1.82) is 0 Å². The van der Waals surface area contributed by atoms with Crippen LogP contribution in [0.4, 0.5) is 24.5 Å². The lowest BCUT2D eigenvalue weighted by atomic mass is 9.53. The first-order valence-electron chi connectivity index (χ1n) is 10.5. The predicted octanol–water partition coefficient (Wildman–Crippen LogP) is 4.71. The van der Waals surface area contributed by atoms with Crippen molar-refractivity contribution in [3.63, 3.8) is 0 Å². The maximum atomic E-state index is 13.4. The summed E-state index contributed by atoms with van der Waals surface area (Å²) in [6.45, 7) is -3.24. The fraction of sp³-hybridized carbons (Fsp3) is 0.524. The third-order valence-corrected chi connectivity index (χ3v) is 7.01. The topological polar surface area (TPSA) is 99.3 Å². The Morgan fingerprint density at radius 1 is 1.22 bits per heavy atom. The Kier molecular flexibility index (Phi) is 4.86. The van der Waals surface area contributed by atoms with Crippen LogP contribution in [0.5, 0.6) is 5.75 Å². The van der Waals surface area contributed by atoms with E-state index in [1.165, 1.54) is 25.5 Å². The minimum atomic E-state index is -3.24. The lowest BCUT2D eigenvalue weighted by Gasteiger charge is -2.56. The number of aromatic nitrogens is 2. The number of carbonyl (C=O) groups is 1. The summed E-state index contributed by atoms with van der Waals surface area (Å²) in [5, 5.41) is 18.3. The second-order valence-corrected chi connectivity index (χ2v) is 9.18. The average molecular weight is 450 g/mol. The van der Waals surface area contributed by atoms with Gasteiger partial charge < -0.3 is 10.1 Å². The van der Waals surface area contributed by atoms with E-state index in [4.69, 9.17) is 0 Å². The van der Waals surface area contributed by atoms with Gasteiger partial charge >= 0.3 is 12.3 Å². The zero-order valence-electron chi connectivity index (χ0n) is 17.0. The fourth-order valence-corrected chi connectivity index (χ4v) is 6.22. The maximum absolute atomic E-state index is 13.4. The molecule has 1 heterocycles. The van der Waals surface area contributed by atoms with Crippen LogP contribution in [0.1, 0.15) is 49.0 Å². The van der Waals surface area contributed by atoms with Crippen molar-refractivity contribution >= 4 is 17.3 Å². The van der Waals surface area contributed by atoms with Crippen molar-refractivity contribution in [1.82, 2.24) is 9.78 Å². The smallest absolute Gasteiger partial charge is 0.387 e. The van der Waals surface area contributed by atoms with Crippen molar-refractivity contribution < 1.29 is 27.6 Å². The average Bonchev–Trinajstić information content (AvgIpc) is 3.15. The number of halogens is 3. The molecule has 4 fully saturated rings. The predicted molar refractivity (Wildman–Crippen MR) is 106 cm³/mol. The Morgan fingerprint density at radius 3 is 2.41 bits per heavy atom. The molecule has 4 aliphatic carbocycles. The van der Waals surface area contributed by atoms with Gasteiger partial charge in [-0.25, -0.2) is 4.39 Å². The molecule has 0 spiro atoms. The second kappa shape index (κ2) is 7.49. The van der Waals surface area contributed by atoms with Crippen molar-refractivity contribution in [2.24, 2.45) is 17.8 Å². The van der Waals surface area contributed by atoms with Crippen LogP contribution in [-0.2, 0) is 5.54 Å². The lowest BCUT2D eigenvalue weighted by Crippen LogP contribution is -2.52. The van der Waals surface area contributed by atoms with Gasteiger partial charge in [0.2, 0.25) is 5.69 Å². The minimum absolute atomic E-state index is 0.240. The number of nitrogens with zero attached hydrogens (tertiary/aromatic N) is 3. The number of amides is 1. The van der Waals surface area contributed by atoms with Gasteiger partial charge in [-0.3, -0.25) is 19.6 Å². The van der Waals surface area contributed by atoms with E-state index in [1.54, 1.807) is 4.68 Å². The molecule has 4 saturated carbocycles. The van der Waals surface area contributed by atoms with Gasteiger partial charge in [-0.1, -0.05) is 0 Å². The van der Waals surface area contributed by atoms with Crippen LogP contribution in [0.2, 0.25) is 0 Å². The van der Waals surface area contributed by atoms with Crippen LogP contribution in [0.3, 0.4) is 0 Å². The van der Waals surface area contributed by atoms with E-state index in [0.29, 0.717) is 23.8 Å². The van der Waals surface area contributed by atoms with E-state index in [2.05, 4.69) is 15.2 Å². The number of nitrogens with one attached hydrogen (secondary N) is 1. The van der Waals surface area contributed by atoms with E-state index in [1.807, 2.05) is 0 Å². The van der Waals surface area contributed by atoms with Crippen LogP contribution < -0.4 is 10.1 Å². The Bertz CT molecular complexity index is 1050. The van der Waals surface area contributed by atoms with Crippen LogP contribution in [0.15, 0.2) is 24.4 Å². The van der Waals surface area contributed by atoms with Crippen LogP contribution >= 0.6 is 0 Å². The van der Waals surface area contributed by atoms with E-state index in [9.17, 15) is 28.1 Å². The van der Waals surface area contributed by atoms with Crippen LogP contribution in [0.25, 0.3) is 0 Å². The van der Waals surface area contributed by atoms with E-state index in [0.717, 1.165) is 31.4 Å². The standard InChI is InChI=1S/C21H21F3N4O4/c22-14-1-2-15(17(6-14)32-20(23)24)25-19(29)18-16(28(30)31)10-27(26-18)21-7-11-3-12(8-21)5-13(4-11)9-21/h1-2,6,10-13,20H,3-5,7-9H2,(H,25,29). The summed E-state index contributed by atoms with van der Waals surface area (Å²) in [4.78, 5) is 23.9. The van der Waals surface area contributed by atoms with Gasteiger partial charge in [0, 0.05) is 6.07 Å². The Hall–Kier alpha value is -3.11. The zero-order chi connectivity index (χ0) is 22.6. The number of ether oxygens (including phenoxy) is 1. The normalized spacial score (nSPS) is 28.2. The van der Waals surface area contributed by atoms with Gasteiger partial charge in [-0.05, 0) is 68.4 Å². The van der Waals surface area contributed by atoms with Gasteiger partial charge in [0.25, 0.3) is 5.91 Å². The molecular weight excluding hydrogens is 429 g/mol. The highest BCUT2D eigenvalue weighted by molar-refractivity contribution is 6.06. The maximum Gasteiger partial charge on any atom is 0.387 e. The number of rotatable bonds is 6. The molecule has 11 heteroatoms. The molecule has 4 aliphatic rings. The highest BCUT2D eigenvalue weighted by atomic mass is 19.3. The molecule has 1 aromatic heterocycles. The summed E-state index contributed by atoms with van der Waals surface area (Å²) in [7, 11) is 0. The van der Waals surface area contributed by atoms with Crippen molar-refractivity contribution in [2.75, 3.05) is 5.32 Å². The Balaban J connectivity index is 1.46. The summed E-state index contributed by atoms with van der Waals surface area (Å²) >= 11 is 0. The van der Waals surface area contributed by atoms with E-state index < -0.39 is 40.4 Å². The first-order chi connectivity index (χ1) is 15.2. The third kappa shape index (κ3) is 3.59. The molecule has 1 N–H and O–H groups in total. The molecule has 1 aromatic carbocycles. The van der Waals surface area contributed by atoms with E-state index in [-0.39, 0.29) is 11.2 Å². The fourth-order valence-electron chi connectivity index (χ4n) is 6.22. The van der Waals surface area contributed by atoms with Crippen LogP contribution in [0, 0.1) is 33.7 Å². The van der Waals surface area contributed by atoms with Gasteiger partial charge in [-0.2, -0.15) is 13.9 Å². The number of benzene rings is 1. The summed E-state index contributed by atoms with van der Waals surface area (Å²) in [6.07, 6.45) is 7.47. The molecule has 0 radical (unpaired) electrons. The molecular formula is C21H21F3N4O4. The number of alkyl halides is 2. The molecule has 8 nitrogen and oxygen atoms in total. The number of hydrogen-bond acceptors (Lipinski definition) is 5. The Morgan fingerprint density at radius 2 is 1.84 bits per heavy atom. The summed E-state index contributed by atoms with van der Waals surface area (Å²) in [5.41, 5.74) is -1.46.